The number of nitrogens with two attached hydrogens (primary N) is 1. The van der Waals surface area contributed by atoms with Gasteiger partial charge >= 0.3 is 0 Å². The third kappa shape index (κ3) is 3.19. The lowest BCUT2D eigenvalue weighted by Crippen LogP contribution is -2.28. The molecule has 2 rings (SSSR count). The third-order valence-electron chi connectivity index (χ3n) is 3.68. The van der Waals surface area contributed by atoms with Crippen molar-refractivity contribution in [3.63, 3.8) is 0 Å². The Morgan fingerprint density at radius 2 is 1.89 bits per heavy atom. The van der Waals surface area contributed by atoms with E-state index in [2.05, 4.69) is 13.8 Å². The van der Waals surface area contributed by atoms with Gasteiger partial charge in [-0.2, -0.15) is 0 Å². The molecule has 4 heteroatoms. The molecular formula is C15H23NO3. The summed E-state index contributed by atoms with van der Waals surface area (Å²) in [7, 11) is 0. The lowest BCUT2D eigenvalue weighted by Gasteiger charge is -2.26. The van der Waals surface area contributed by atoms with Crippen LogP contribution in [0.25, 0.3) is 0 Å². The maximum atomic E-state index is 9.48. The van der Waals surface area contributed by atoms with Crippen molar-refractivity contribution in [2.75, 3.05) is 19.8 Å². The van der Waals surface area contributed by atoms with Crippen LogP contribution in [0.15, 0.2) is 18.2 Å². The Balaban J connectivity index is 2.23. The van der Waals surface area contributed by atoms with Crippen molar-refractivity contribution < 1.29 is 14.6 Å². The molecule has 0 saturated heterocycles. The quantitative estimate of drug-likeness (QED) is 0.875. The summed E-state index contributed by atoms with van der Waals surface area (Å²) in [6, 6.07) is 5.62. The van der Waals surface area contributed by atoms with E-state index in [-0.39, 0.29) is 18.6 Å². The van der Waals surface area contributed by atoms with Crippen LogP contribution in [0, 0.1) is 11.8 Å². The third-order valence-corrected chi connectivity index (χ3v) is 3.68. The Labute approximate surface area is 114 Å². The highest BCUT2D eigenvalue weighted by Crippen LogP contribution is 2.34. The first-order chi connectivity index (χ1) is 9.13. The largest absolute Gasteiger partial charge is 0.490 e. The molecule has 0 spiro atoms. The number of aliphatic hydroxyl groups is 1. The highest BCUT2D eigenvalue weighted by atomic mass is 16.5. The topological polar surface area (TPSA) is 64.7 Å². The zero-order chi connectivity index (χ0) is 13.8. The smallest absolute Gasteiger partial charge is 0.161 e. The minimum absolute atomic E-state index is 0.0461. The van der Waals surface area contributed by atoms with Crippen molar-refractivity contribution >= 4 is 0 Å². The van der Waals surface area contributed by atoms with E-state index >= 15 is 0 Å². The van der Waals surface area contributed by atoms with Crippen molar-refractivity contribution in [2.24, 2.45) is 17.6 Å². The molecule has 106 valence electrons. The Morgan fingerprint density at radius 1 is 1.21 bits per heavy atom. The number of ether oxygens (including phenoxy) is 2. The first-order valence-corrected chi connectivity index (χ1v) is 6.89. The van der Waals surface area contributed by atoms with Crippen molar-refractivity contribution in [3.05, 3.63) is 23.8 Å². The minimum atomic E-state index is -0.192. The van der Waals surface area contributed by atoms with E-state index in [0.717, 1.165) is 23.5 Å². The van der Waals surface area contributed by atoms with Gasteiger partial charge in [-0.25, -0.2) is 0 Å². The van der Waals surface area contributed by atoms with Gasteiger partial charge in [-0.15, -0.1) is 0 Å². The molecule has 0 fully saturated rings. The average molecular weight is 265 g/mol. The lowest BCUT2D eigenvalue weighted by atomic mass is 9.85. The van der Waals surface area contributed by atoms with Gasteiger partial charge < -0.3 is 20.3 Å². The van der Waals surface area contributed by atoms with E-state index in [1.165, 1.54) is 0 Å². The van der Waals surface area contributed by atoms with Gasteiger partial charge in [-0.05, 0) is 23.6 Å². The molecule has 0 saturated carbocycles. The SMILES string of the molecule is CC(C)C(CO)C(N)c1ccc2c(c1)OCCCO2. The van der Waals surface area contributed by atoms with Crippen LogP contribution in [-0.4, -0.2) is 24.9 Å². The molecule has 2 atom stereocenters. The predicted molar refractivity (Wildman–Crippen MR) is 74.4 cm³/mol. The zero-order valence-corrected chi connectivity index (χ0v) is 11.6. The first kappa shape index (κ1) is 14.2. The normalized spacial score (nSPS) is 17.9. The van der Waals surface area contributed by atoms with Crippen LogP contribution in [0.5, 0.6) is 11.5 Å². The molecule has 3 N–H and O–H groups in total. The molecule has 0 bridgehead atoms. The van der Waals surface area contributed by atoms with Gasteiger partial charge in [-0.3, -0.25) is 0 Å². The van der Waals surface area contributed by atoms with Gasteiger partial charge in [-0.1, -0.05) is 19.9 Å². The zero-order valence-electron chi connectivity index (χ0n) is 11.6. The van der Waals surface area contributed by atoms with Crippen molar-refractivity contribution in [1.82, 2.24) is 0 Å². The molecule has 0 aliphatic carbocycles. The van der Waals surface area contributed by atoms with Crippen LogP contribution in [0.3, 0.4) is 0 Å². The number of hydrogen-bond donors (Lipinski definition) is 2. The second kappa shape index (κ2) is 6.26. The van der Waals surface area contributed by atoms with Crippen molar-refractivity contribution in [2.45, 2.75) is 26.3 Å². The Hall–Kier alpha value is -1.26. The molecule has 0 aromatic heterocycles. The molecule has 0 amide bonds. The molecule has 4 nitrogen and oxygen atoms in total. The van der Waals surface area contributed by atoms with Crippen LogP contribution in [0.2, 0.25) is 0 Å². The van der Waals surface area contributed by atoms with Crippen LogP contribution in [0.1, 0.15) is 31.9 Å². The molecule has 1 aliphatic heterocycles. The maximum Gasteiger partial charge on any atom is 0.161 e. The predicted octanol–water partition coefficient (Wildman–Crippen LogP) is 2.11. The van der Waals surface area contributed by atoms with Gasteiger partial charge in [0.1, 0.15) is 0 Å². The Morgan fingerprint density at radius 3 is 2.53 bits per heavy atom. The van der Waals surface area contributed by atoms with E-state index in [4.69, 9.17) is 15.2 Å². The van der Waals surface area contributed by atoms with Crippen molar-refractivity contribution in [3.8, 4) is 11.5 Å². The monoisotopic (exact) mass is 265 g/mol. The fraction of sp³-hybridized carbons (Fsp3) is 0.600. The Bertz CT molecular complexity index is 420. The summed E-state index contributed by atoms with van der Waals surface area (Å²) in [5, 5.41) is 9.48. The fourth-order valence-corrected chi connectivity index (χ4v) is 2.37. The van der Waals surface area contributed by atoms with Gasteiger partial charge in [0, 0.05) is 25.0 Å². The van der Waals surface area contributed by atoms with Crippen molar-refractivity contribution in [1.29, 1.82) is 0 Å². The first-order valence-electron chi connectivity index (χ1n) is 6.89. The highest BCUT2D eigenvalue weighted by molar-refractivity contribution is 5.44. The van der Waals surface area contributed by atoms with Crippen LogP contribution >= 0.6 is 0 Å². The van der Waals surface area contributed by atoms with Gasteiger partial charge in [0.25, 0.3) is 0 Å². The fourth-order valence-electron chi connectivity index (χ4n) is 2.37. The summed E-state index contributed by atoms with van der Waals surface area (Å²) in [4.78, 5) is 0. The number of hydrogen-bond acceptors (Lipinski definition) is 4. The number of fused-ring (bicyclic) bond motifs is 1. The number of benzene rings is 1. The minimum Gasteiger partial charge on any atom is -0.490 e. The second-order valence-corrected chi connectivity index (χ2v) is 5.37. The standard InChI is InChI=1S/C15H23NO3/c1-10(2)12(9-17)15(16)11-4-5-13-14(8-11)19-7-3-6-18-13/h4-5,8,10,12,15,17H,3,6-7,9,16H2,1-2H3. The molecule has 1 heterocycles. The van der Waals surface area contributed by atoms with E-state index in [0.29, 0.717) is 19.1 Å². The van der Waals surface area contributed by atoms with Gasteiger partial charge in [0.05, 0.1) is 13.2 Å². The summed E-state index contributed by atoms with van der Waals surface area (Å²) >= 11 is 0. The van der Waals surface area contributed by atoms with Crippen LogP contribution in [-0.2, 0) is 0 Å². The van der Waals surface area contributed by atoms with Crippen LogP contribution in [0.4, 0.5) is 0 Å². The summed E-state index contributed by atoms with van der Waals surface area (Å²) in [5.74, 6) is 1.91. The Kier molecular flexibility index (Phi) is 4.66. The average Bonchev–Trinajstić information content (AvgIpc) is 2.63. The van der Waals surface area contributed by atoms with Gasteiger partial charge in [0.2, 0.25) is 0 Å². The molecular weight excluding hydrogens is 242 g/mol. The molecule has 19 heavy (non-hydrogen) atoms. The van der Waals surface area contributed by atoms with Crippen LogP contribution < -0.4 is 15.2 Å². The number of rotatable bonds is 4. The molecule has 2 unspecified atom stereocenters. The second-order valence-electron chi connectivity index (χ2n) is 5.37. The molecule has 1 aromatic rings. The highest BCUT2D eigenvalue weighted by Gasteiger charge is 2.23. The molecule has 1 aliphatic rings. The molecule has 0 radical (unpaired) electrons. The van der Waals surface area contributed by atoms with E-state index in [1.54, 1.807) is 0 Å². The maximum absolute atomic E-state index is 9.48. The summed E-state index contributed by atoms with van der Waals surface area (Å²) in [6.45, 7) is 5.59. The molecule has 1 aromatic carbocycles. The summed E-state index contributed by atoms with van der Waals surface area (Å²) in [5.41, 5.74) is 7.25. The lowest BCUT2D eigenvalue weighted by molar-refractivity contribution is 0.165. The summed E-state index contributed by atoms with van der Waals surface area (Å²) in [6.07, 6.45) is 0.890. The number of aliphatic hydroxyl groups excluding tert-OH is 1. The van der Waals surface area contributed by atoms with E-state index < -0.39 is 0 Å². The summed E-state index contributed by atoms with van der Waals surface area (Å²) < 4.78 is 11.3. The van der Waals surface area contributed by atoms with E-state index in [9.17, 15) is 5.11 Å². The van der Waals surface area contributed by atoms with Gasteiger partial charge in [0.15, 0.2) is 11.5 Å². The van der Waals surface area contributed by atoms with E-state index in [1.807, 2.05) is 18.2 Å².